The van der Waals surface area contributed by atoms with Crippen LogP contribution in [0.1, 0.15) is 21.6 Å². The first-order valence-electron chi connectivity index (χ1n) is 8.71. The molecule has 0 aliphatic heterocycles. The first-order valence-corrected chi connectivity index (χ1v) is 9.97. The molecule has 5 nitrogen and oxygen atoms in total. The molecule has 0 fully saturated rings. The van der Waals surface area contributed by atoms with E-state index in [1.165, 1.54) is 11.3 Å². The zero-order valence-corrected chi connectivity index (χ0v) is 17.2. The molecule has 0 radical (unpaired) electrons. The van der Waals surface area contributed by atoms with Crippen molar-refractivity contribution in [2.45, 2.75) is 13.0 Å². The summed E-state index contributed by atoms with van der Waals surface area (Å²) >= 11 is 7.43. The number of halogens is 1. The van der Waals surface area contributed by atoms with E-state index in [1.807, 2.05) is 41.8 Å². The van der Waals surface area contributed by atoms with Crippen molar-refractivity contribution in [1.29, 1.82) is 0 Å². The van der Waals surface area contributed by atoms with Gasteiger partial charge in [0.25, 0.3) is 5.91 Å². The van der Waals surface area contributed by atoms with Gasteiger partial charge in [-0.2, -0.15) is 0 Å². The number of nitrogens with zero attached hydrogens (tertiary/aromatic N) is 2. The van der Waals surface area contributed by atoms with Crippen molar-refractivity contribution < 1.29 is 9.59 Å². The van der Waals surface area contributed by atoms with Gasteiger partial charge in [-0.25, -0.2) is 4.98 Å². The number of carbonyl (C=O) groups is 2. The maximum Gasteiger partial charge on any atom is 0.251 e. The number of benzene rings is 2. The fraction of sp³-hybridized carbons (Fsp3) is 0.190. The van der Waals surface area contributed by atoms with Crippen LogP contribution < -0.4 is 5.32 Å². The van der Waals surface area contributed by atoms with Crippen LogP contribution in [0.4, 0.5) is 0 Å². The molecule has 1 heterocycles. The molecule has 1 aromatic heterocycles. The Kier molecular flexibility index (Phi) is 6.44. The van der Waals surface area contributed by atoms with Gasteiger partial charge in [-0.05, 0) is 29.8 Å². The van der Waals surface area contributed by atoms with Crippen LogP contribution in [0.25, 0.3) is 10.6 Å². The Labute approximate surface area is 173 Å². The van der Waals surface area contributed by atoms with Crippen LogP contribution in [0.15, 0.2) is 53.9 Å². The first kappa shape index (κ1) is 20.0. The van der Waals surface area contributed by atoms with Crippen LogP contribution >= 0.6 is 22.9 Å². The third-order valence-corrected chi connectivity index (χ3v) is 5.46. The smallest absolute Gasteiger partial charge is 0.251 e. The SMILES string of the molecule is CNC(=O)c1ccc(CN(C)C(=O)Cc2csc(-c3ccc(Cl)cc3)n2)cc1. The third kappa shape index (κ3) is 4.97. The number of likely N-dealkylation sites (N-methyl/N-ethyl adjacent to an activating group) is 1. The second-order valence-corrected chi connectivity index (χ2v) is 7.65. The molecule has 2 amide bonds. The molecule has 3 aromatic rings. The minimum absolute atomic E-state index is 0.0108. The highest BCUT2D eigenvalue weighted by Crippen LogP contribution is 2.25. The van der Waals surface area contributed by atoms with Gasteiger partial charge in [0.15, 0.2) is 0 Å². The van der Waals surface area contributed by atoms with Crippen LogP contribution in [-0.2, 0) is 17.8 Å². The number of thiazole rings is 1. The maximum absolute atomic E-state index is 12.5. The molecule has 0 saturated carbocycles. The number of aromatic nitrogens is 1. The molecule has 3 rings (SSSR count). The van der Waals surface area contributed by atoms with Crippen molar-refractivity contribution in [3.8, 4) is 10.6 Å². The zero-order valence-electron chi connectivity index (χ0n) is 15.6. The zero-order chi connectivity index (χ0) is 20.1. The molecule has 0 spiro atoms. The Bertz CT molecular complexity index is 968. The van der Waals surface area contributed by atoms with Gasteiger partial charge in [-0.15, -0.1) is 11.3 Å². The topological polar surface area (TPSA) is 62.3 Å². The maximum atomic E-state index is 12.5. The average Bonchev–Trinajstić information content (AvgIpc) is 3.16. The minimum Gasteiger partial charge on any atom is -0.355 e. The molecule has 2 aromatic carbocycles. The lowest BCUT2D eigenvalue weighted by Crippen LogP contribution is -2.27. The second-order valence-electron chi connectivity index (χ2n) is 6.35. The van der Waals surface area contributed by atoms with Crippen LogP contribution in [-0.4, -0.2) is 35.8 Å². The Morgan fingerprint density at radius 1 is 1.11 bits per heavy atom. The summed E-state index contributed by atoms with van der Waals surface area (Å²) in [6.45, 7) is 0.473. The molecular formula is C21H20ClN3O2S. The second kappa shape index (κ2) is 8.99. The van der Waals surface area contributed by atoms with E-state index in [0.29, 0.717) is 17.1 Å². The van der Waals surface area contributed by atoms with Crippen molar-refractivity contribution in [3.63, 3.8) is 0 Å². The summed E-state index contributed by atoms with van der Waals surface area (Å²) in [5, 5.41) is 6.05. The van der Waals surface area contributed by atoms with E-state index in [9.17, 15) is 9.59 Å². The number of hydrogen-bond acceptors (Lipinski definition) is 4. The summed E-state index contributed by atoms with van der Waals surface area (Å²) in [7, 11) is 3.36. The predicted molar refractivity (Wildman–Crippen MR) is 113 cm³/mol. The van der Waals surface area contributed by atoms with Gasteiger partial charge in [0.1, 0.15) is 5.01 Å². The van der Waals surface area contributed by atoms with Crippen molar-refractivity contribution >= 4 is 34.8 Å². The average molecular weight is 414 g/mol. The largest absolute Gasteiger partial charge is 0.355 e. The van der Waals surface area contributed by atoms with Crippen molar-refractivity contribution in [3.05, 3.63) is 75.8 Å². The number of hydrogen-bond donors (Lipinski definition) is 1. The van der Waals surface area contributed by atoms with E-state index in [-0.39, 0.29) is 18.2 Å². The van der Waals surface area contributed by atoms with Crippen LogP contribution in [0, 0.1) is 0 Å². The van der Waals surface area contributed by atoms with Gasteiger partial charge in [-0.3, -0.25) is 9.59 Å². The lowest BCUT2D eigenvalue weighted by atomic mass is 10.1. The Balaban J connectivity index is 1.60. The van der Waals surface area contributed by atoms with Gasteiger partial charge in [0.05, 0.1) is 12.1 Å². The van der Waals surface area contributed by atoms with Gasteiger partial charge >= 0.3 is 0 Å². The molecular weight excluding hydrogens is 394 g/mol. The number of rotatable bonds is 6. The molecule has 1 N–H and O–H groups in total. The molecule has 0 atom stereocenters. The number of amides is 2. The Morgan fingerprint density at radius 3 is 2.43 bits per heavy atom. The lowest BCUT2D eigenvalue weighted by Gasteiger charge is -2.17. The summed E-state index contributed by atoms with van der Waals surface area (Å²) < 4.78 is 0. The fourth-order valence-electron chi connectivity index (χ4n) is 2.67. The Hall–Kier alpha value is -2.70. The summed E-state index contributed by atoms with van der Waals surface area (Å²) in [4.78, 5) is 30.4. The van der Waals surface area contributed by atoms with Gasteiger partial charge in [0, 0.05) is 42.2 Å². The lowest BCUT2D eigenvalue weighted by molar-refractivity contribution is -0.129. The van der Waals surface area contributed by atoms with E-state index >= 15 is 0 Å². The van der Waals surface area contributed by atoms with Gasteiger partial charge in [-0.1, -0.05) is 35.9 Å². The summed E-state index contributed by atoms with van der Waals surface area (Å²) in [6.07, 6.45) is 0.247. The van der Waals surface area contributed by atoms with Gasteiger partial charge in [0.2, 0.25) is 5.91 Å². The summed E-state index contributed by atoms with van der Waals surface area (Å²) in [6, 6.07) is 14.7. The molecule has 0 aliphatic rings. The fourth-order valence-corrected chi connectivity index (χ4v) is 3.62. The molecule has 0 unspecified atom stereocenters. The highest BCUT2D eigenvalue weighted by molar-refractivity contribution is 7.13. The van der Waals surface area contributed by atoms with E-state index in [0.717, 1.165) is 21.8 Å². The van der Waals surface area contributed by atoms with E-state index in [4.69, 9.17) is 11.6 Å². The first-order chi connectivity index (χ1) is 13.5. The number of nitrogens with one attached hydrogen (secondary N) is 1. The highest BCUT2D eigenvalue weighted by atomic mass is 35.5. The van der Waals surface area contributed by atoms with Crippen molar-refractivity contribution in [2.75, 3.05) is 14.1 Å². The number of carbonyl (C=O) groups excluding carboxylic acids is 2. The van der Waals surface area contributed by atoms with E-state index < -0.39 is 0 Å². The van der Waals surface area contributed by atoms with Crippen LogP contribution in [0.2, 0.25) is 5.02 Å². The normalized spacial score (nSPS) is 10.5. The third-order valence-electron chi connectivity index (χ3n) is 4.26. The quantitative estimate of drug-likeness (QED) is 0.663. The highest BCUT2D eigenvalue weighted by Gasteiger charge is 2.14. The Morgan fingerprint density at radius 2 is 1.79 bits per heavy atom. The van der Waals surface area contributed by atoms with Crippen molar-refractivity contribution in [1.82, 2.24) is 15.2 Å². The molecule has 0 saturated heterocycles. The van der Waals surface area contributed by atoms with Gasteiger partial charge < -0.3 is 10.2 Å². The molecule has 28 heavy (non-hydrogen) atoms. The minimum atomic E-state index is -0.129. The predicted octanol–water partition coefficient (Wildman–Crippen LogP) is 4.02. The molecule has 0 aliphatic carbocycles. The van der Waals surface area contributed by atoms with E-state index in [2.05, 4.69) is 10.3 Å². The summed E-state index contributed by atoms with van der Waals surface area (Å²) in [5.41, 5.74) is 3.29. The van der Waals surface area contributed by atoms with Crippen LogP contribution in [0.5, 0.6) is 0 Å². The van der Waals surface area contributed by atoms with Crippen LogP contribution in [0.3, 0.4) is 0 Å². The monoisotopic (exact) mass is 413 g/mol. The summed E-state index contributed by atoms with van der Waals surface area (Å²) in [5.74, 6) is -0.140. The standard InChI is InChI=1S/C21H20ClN3O2S/c1-23-20(27)15-5-3-14(4-6-15)12-25(2)19(26)11-18-13-28-21(24-18)16-7-9-17(22)10-8-16/h3-10,13H,11-12H2,1-2H3,(H,23,27). The van der Waals surface area contributed by atoms with Crippen molar-refractivity contribution in [2.24, 2.45) is 0 Å². The molecule has 7 heteroatoms. The molecule has 144 valence electrons. The molecule has 0 bridgehead atoms. The van der Waals surface area contributed by atoms with E-state index in [1.54, 1.807) is 31.1 Å².